The smallest absolute Gasteiger partial charge is 0.137 e. The number of hydrogen-bond donors (Lipinski definition) is 1. The highest BCUT2D eigenvalue weighted by molar-refractivity contribution is 5.59. The molecule has 3 heterocycles. The first-order chi connectivity index (χ1) is 9.21. The summed E-state index contributed by atoms with van der Waals surface area (Å²) in [6.45, 7) is 6.11. The van der Waals surface area contributed by atoms with Crippen molar-refractivity contribution in [2.24, 2.45) is 0 Å². The van der Waals surface area contributed by atoms with E-state index in [1.165, 1.54) is 12.8 Å². The van der Waals surface area contributed by atoms with Crippen molar-refractivity contribution in [2.45, 2.75) is 45.3 Å². The van der Waals surface area contributed by atoms with Crippen molar-refractivity contribution in [3.05, 3.63) is 11.4 Å². The van der Waals surface area contributed by atoms with E-state index in [2.05, 4.69) is 29.0 Å². The van der Waals surface area contributed by atoms with Gasteiger partial charge in [0.25, 0.3) is 0 Å². The maximum absolute atomic E-state index is 5.90. The zero-order chi connectivity index (χ0) is 13.4. The van der Waals surface area contributed by atoms with Crippen LogP contribution in [0.2, 0.25) is 0 Å². The van der Waals surface area contributed by atoms with Gasteiger partial charge in [-0.15, -0.1) is 0 Å². The molecule has 1 aromatic heterocycles. The number of fused-ring (bicyclic) bond motifs is 2. The van der Waals surface area contributed by atoms with Crippen LogP contribution in [0.3, 0.4) is 0 Å². The minimum Gasteiger partial charge on any atom is -0.373 e. The molecule has 0 radical (unpaired) electrons. The van der Waals surface area contributed by atoms with Crippen LogP contribution in [0.4, 0.5) is 11.6 Å². The summed E-state index contributed by atoms with van der Waals surface area (Å²) in [5.74, 6) is 2.93. The van der Waals surface area contributed by atoms with Gasteiger partial charge in [-0.1, -0.05) is 6.92 Å². The summed E-state index contributed by atoms with van der Waals surface area (Å²) in [6, 6.07) is 0. The lowest BCUT2D eigenvalue weighted by Crippen LogP contribution is -2.43. The molecule has 3 rings (SSSR count). The van der Waals surface area contributed by atoms with Crippen LogP contribution >= 0.6 is 0 Å². The van der Waals surface area contributed by atoms with Gasteiger partial charge in [0.05, 0.1) is 12.2 Å². The minimum atomic E-state index is 0.385. The molecule has 0 spiro atoms. The van der Waals surface area contributed by atoms with Crippen molar-refractivity contribution < 1.29 is 4.74 Å². The fourth-order valence-electron chi connectivity index (χ4n) is 3.05. The molecule has 2 fully saturated rings. The first-order valence-corrected chi connectivity index (χ1v) is 7.17. The summed E-state index contributed by atoms with van der Waals surface area (Å²) < 4.78 is 5.90. The molecule has 0 amide bonds. The normalized spacial score (nSPS) is 25.7. The highest BCUT2D eigenvalue weighted by Gasteiger charge is 2.35. The summed E-state index contributed by atoms with van der Waals surface area (Å²) in [7, 11) is 1.92. The van der Waals surface area contributed by atoms with Gasteiger partial charge < -0.3 is 15.0 Å². The van der Waals surface area contributed by atoms with Gasteiger partial charge in [0.15, 0.2) is 0 Å². The molecule has 2 aliphatic rings. The summed E-state index contributed by atoms with van der Waals surface area (Å²) in [4.78, 5) is 11.7. The van der Waals surface area contributed by atoms with Crippen LogP contribution in [0, 0.1) is 6.92 Å². The standard InChI is InChI=1S/C14H22N4O/c1-4-12-16-13(15-3)9(2)14(17-12)18-7-10-5-6-11(8-18)19-10/h10-11H,4-8H2,1-3H3,(H,15,16,17). The SMILES string of the molecule is CCc1nc(NC)c(C)c(N2CC3CCC(C2)O3)n1. The summed E-state index contributed by atoms with van der Waals surface area (Å²) in [5, 5.41) is 3.18. The van der Waals surface area contributed by atoms with E-state index in [0.29, 0.717) is 12.2 Å². The average molecular weight is 262 g/mol. The molecule has 1 aromatic rings. The molecule has 5 heteroatoms. The Balaban J connectivity index is 1.95. The molecule has 1 N–H and O–H groups in total. The van der Waals surface area contributed by atoms with Crippen molar-refractivity contribution in [3.63, 3.8) is 0 Å². The lowest BCUT2D eigenvalue weighted by atomic mass is 10.2. The van der Waals surface area contributed by atoms with Crippen molar-refractivity contribution >= 4 is 11.6 Å². The molecular weight excluding hydrogens is 240 g/mol. The molecule has 2 unspecified atom stereocenters. The largest absolute Gasteiger partial charge is 0.373 e. The molecule has 19 heavy (non-hydrogen) atoms. The van der Waals surface area contributed by atoms with Gasteiger partial charge in [-0.2, -0.15) is 0 Å². The van der Waals surface area contributed by atoms with Crippen LogP contribution in [0.1, 0.15) is 31.2 Å². The predicted octanol–water partition coefficient (Wildman–Crippen LogP) is 1.76. The van der Waals surface area contributed by atoms with Gasteiger partial charge in [-0.3, -0.25) is 0 Å². The van der Waals surface area contributed by atoms with E-state index in [1.54, 1.807) is 0 Å². The number of nitrogens with one attached hydrogen (secondary N) is 1. The van der Waals surface area contributed by atoms with E-state index in [9.17, 15) is 0 Å². The molecule has 5 nitrogen and oxygen atoms in total. The highest BCUT2D eigenvalue weighted by atomic mass is 16.5. The monoisotopic (exact) mass is 262 g/mol. The molecule has 0 saturated carbocycles. The lowest BCUT2D eigenvalue weighted by Gasteiger charge is -2.34. The molecule has 104 valence electrons. The molecular formula is C14H22N4O. The maximum atomic E-state index is 5.90. The molecule has 0 aliphatic carbocycles. The Morgan fingerprint density at radius 2 is 1.95 bits per heavy atom. The highest BCUT2D eigenvalue weighted by Crippen LogP contribution is 2.31. The second-order valence-corrected chi connectivity index (χ2v) is 5.40. The number of anilines is 2. The lowest BCUT2D eigenvalue weighted by molar-refractivity contribution is 0.0301. The Kier molecular flexibility index (Phi) is 3.31. The molecule has 2 saturated heterocycles. The molecule has 2 aliphatic heterocycles. The number of morpholine rings is 1. The summed E-state index contributed by atoms with van der Waals surface area (Å²) in [6.07, 6.45) is 4.00. The second kappa shape index (κ2) is 4.96. The van der Waals surface area contributed by atoms with Crippen LogP contribution in [0.15, 0.2) is 0 Å². The van der Waals surface area contributed by atoms with Crippen LogP contribution in [-0.2, 0) is 11.2 Å². The Morgan fingerprint density at radius 3 is 2.53 bits per heavy atom. The first kappa shape index (κ1) is 12.7. The third kappa shape index (κ3) is 2.27. The Labute approximate surface area is 114 Å². The summed E-state index contributed by atoms with van der Waals surface area (Å²) >= 11 is 0. The van der Waals surface area contributed by atoms with Gasteiger partial charge in [0.2, 0.25) is 0 Å². The number of aryl methyl sites for hydroxylation is 1. The second-order valence-electron chi connectivity index (χ2n) is 5.40. The number of rotatable bonds is 3. The van der Waals surface area contributed by atoms with Crippen LogP contribution in [0.25, 0.3) is 0 Å². The van der Waals surface area contributed by atoms with Crippen LogP contribution in [-0.4, -0.2) is 42.3 Å². The van der Waals surface area contributed by atoms with E-state index in [4.69, 9.17) is 9.72 Å². The van der Waals surface area contributed by atoms with Gasteiger partial charge in [-0.05, 0) is 19.8 Å². The van der Waals surface area contributed by atoms with Gasteiger partial charge in [0, 0.05) is 32.1 Å². The zero-order valence-electron chi connectivity index (χ0n) is 11.9. The topological polar surface area (TPSA) is 50.3 Å². The van der Waals surface area contributed by atoms with E-state index in [-0.39, 0.29) is 0 Å². The minimum absolute atomic E-state index is 0.385. The zero-order valence-corrected chi connectivity index (χ0v) is 11.9. The number of ether oxygens (including phenoxy) is 1. The van der Waals surface area contributed by atoms with Gasteiger partial charge in [-0.25, -0.2) is 9.97 Å². The number of hydrogen-bond acceptors (Lipinski definition) is 5. The Bertz CT molecular complexity index is 465. The van der Waals surface area contributed by atoms with E-state index in [0.717, 1.165) is 42.5 Å². The maximum Gasteiger partial charge on any atom is 0.137 e. The fourth-order valence-corrected chi connectivity index (χ4v) is 3.05. The van der Waals surface area contributed by atoms with Crippen molar-refractivity contribution in [3.8, 4) is 0 Å². The average Bonchev–Trinajstić information content (AvgIpc) is 2.77. The Hall–Kier alpha value is -1.36. The van der Waals surface area contributed by atoms with Crippen LogP contribution < -0.4 is 10.2 Å². The number of nitrogens with zero attached hydrogens (tertiary/aromatic N) is 3. The molecule has 2 bridgehead atoms. The van der Waals surface area contributed by atoms with Crippen LogP contribution in [0.5, 0.6) is 0 Å². The van der Waals surface area contributed by atoms with Crippen molar-refractivity contribution in [1.82, 2.24) is 9.97 Å². The van der Waals surface area contributed by atoms with Gasteiger partial charge in [0.1, 0.15) is 17.5 Å². The van der Waals surface area contributed by atoms with E-state index in [1.807, 2.05) is 7.05 Å². The third-order valence-electron chi connectivity index (χ3n) is 4.06. The third-order valence-corrected chi connectivity index (χ3v) is 4.06. The Morgan fingerprint density at radius 1 is 1.26 bits per heavy atom. The first-order valence-electron chi connectivity index (χ1n) is 7.17. The van der Waals surface area contributed by atoms with Crippen molar-refractivity contribution in [1.29, 1.82) is 0 Å². The molecule has 2 atom stereocenters. The fraction of sp³-hybridized carbons (Fsp3) is 0.714. The summed E-state index contributed by atoms with van der Waals surface area (Å²) in [5.41, 5.74) is 1.14. The molecule has 0 aromatic carbocycles. The van der Waals surface area contributed by atoms with E-state index >= 15 is 0 Å². The van der Waals surface area contributed by atoms with E-state index < -0.39 is 0 Å². The van der Waals surface area contributed by atoms with Gasteiger partial charge >= 0.3 is 0 Å². The van der Waals surface area contributed by atoms with Crippen molar-refractivity contribution in [2.75, 3.05) is 30.4 Å². The predicted molar refractivity (Wildman–Crippen MR) is 75.8 cm³/mol. The number of aromatic nitrogens is 2. The quantitative estimate of drug-likeness (QED) is 0.899.